The molecule has 0 bridgehead atoms. The molecule has 2 nitrogen and oxygen atoms in total. The molecular formula is C17H25NO. The highest BCUT2D eigenvalue weighted by Gasteiger charge is 2.06. The molecule has 0 radical (unpaired) electrons. The second-order valence-electron chi connectivity index (χ2n) is 5.58. The minimum absolute atomic E-state index is 0.341. The molecule has 0 aromatic heterocycles. The number of benzene rings is 1. The lowest BCUT2D eigenvalue weighted by atomic mass is 9.97. The van der Waals surface area contributed by atoms with Gasteiger partial charge in [-0.1, -0.05) is 23.8 Å². The fourth-order valence-electron chi connectivity index (χ4n) is 2.67. The van der Waals surface area contributed by atoms with Gasteiger partial charge in [0, 0.05) is 6.04 Å². The van der Waals surface area contributed by atoms with Crippen molar-refractivity contribution < 1.29 is 5.11 Å². The van der Waals surface area contributed by atoms with Gasteiger partial charge in [-0.3, -0.25) is 0 Å². The van der Waals surface area contributed by atoms with Crippen LogP contribution in [0.1, 0.15) is 44.6 Å². The molecular weight excluding hydrogens is 234 g/mol. The summed E-state index contributed by atoms with van der Waals surface area (Å²) >= 11 is 0. The smallest absolute Gasteiger partial charge is 0.115 e. The summed E-state index contributed by atoms with van der Waals surface area (Å²) in [5.41, 5.74) is 2.91. The fraction of sp³-hybridized carbons (Fsp3) is 0.529. The molecule has 2 rings (SSSR count). The zero-order valence-electron chi connectivity index (χ0n) is 11.9. The van der Waals surface area contributed by atoms with Crippen molar-refractivity contribution in [3.05, 3.63) is 41.5 Å². The Hall–Kier alpha value is -1.28. The van der Waals surface area contributed by atoms with E-state index < -0.39 is 0 Å². The number of aromatic hydroxyl groups is 1. The van der Waals surface area contributed by atoms with E-state index in [0.717, 1.165) is 13.0 Å². The van der Waals surface area contributed by atoms with Crippen LogP contribution in [-0.2, 0) is 6.42 Å². The Kier molecular flexibility index (Phi) is 5.46. The molecule has 1 unspecified atom stereocenters. The standard InChI is InChI=1S/C17H25NO/c1-14(13-16-7-9-17(19)10-8-16)18-12-11-15-5-3-2-4-6-15/h5,7-10,14,18-19H,2-4,6,11-13H2,1H3. The third-order valence-corrected chi connectivity index (χ3v) is 3.80. The molecule has 2 N–H and O–H groups in total. The Morgan fingerprint density at radius 1 is 1.21 bits per heavy atom. The highest BCUT2D eigenvalue weighted by Crippen LogP contribution is 2.19. The maximum atomic E-state index is 9.25. The lowest BCUT2D eigenvalue weighted by Crippen LogP contribution is -2.29. The average Bonchev–Trinajstić information content (AvgIpc) is 2.43. The lowest BCUT2D eigenvalue weighted by molar-refractivity contribution is 0.474. The molecule has 1 aromatic rings. The highest BCUT2D eigenvalue weighted by atomic mass is 16.3. The summed E-state index contributed by atoms with van der Waals surface area (Å²) in [6, 6.07) is 7.99. The van der Waals surface area contributed by atoms with Crippen LogP contribution in [0.3, 0.4) is 0 Å². The van der Waals surface area contributed by atoms with Gasteiger partial charge >= 0.3 is 0 Å². The van der Waals surface area contributed by atoms with Gasteiger partial charge in [0.25, 0.3) is 0 Å². The summed E-state index contributed by atoms with van der Waals surface area (Å²) in [6.07, 6.45) is 9.95. The van der Waals surface area contributed by atoms with Crippen molar-refractivity contribution >= 4 is 0 Å². The van der Waals surface area contributed by atoms with Crippen LogP contribution in [0.2, 0.25) is 0 Å². The predicted octanol–water partition coefficient (Wildman–Crippen LogP) is 3.80. The Morgan fingerprint density at radius 2 is 2.00 bits per heavy atom. The zero-order valence-corrected chi connectivity index (χ0v) is 11.9. The zero-order chi connectivity index (χ0) is 13.5. The maximum Gasteiger partial charge on any atom is 0.115 e. The number of rotatable bonds is 6. The molecule has 104 valence electrons. The van der Waals surface area contributed by atoms with Crippen molar-refractivity contribution in [2.24, 2.45) is 0 Å². The van der Waals surface area contributed by atoms with Crippen LogP contribution in [0.4, 0.5) is 0 Å². The van der Waals surface area contributed by atoms with Gasteiger partial charge in [0.2, 0.25) is 0 Å². The Morgan fingerprint density at radius 3 is 2.68 bits per heavy atom. The molecule has 19 heavy (non-hydrogen) atoms. The number of phenolic OH excluding ortho intramolecular Hbond substituents is 1. The maximum absolute atomic E-state index is 9.25. The Balaban J connectivity index is 1.68. The van der Waals surface area contributed by atoms with Crippen molar-refractivity contribution in [3.8, 4) is 5.75 Å². The molecule has 2 heteroatoms. The topological polar surface area (TPSA) is 32.3 Å². The van der Waals surface area contributed by atoms with E-state index in [4.69, 9.17) is 0 Å². The SMILES string of the molecule is CC(Cc1ccc(O)cc1)NCCC1=CCCCC1. The van der Waals surface area contributed by atoms with Crippen LogP contribution < -0.4 is 5.32 Å². The molecule has 0 heterocycles. The number of allylic oxidation sites excluding steroid dienone is 1. The predicted molar refractivity (Wildman–Crippen MR) is 80.4 cm³/mol. The van der Waals surface area contributed by atoms with Crippen molar-refractivity contribution in [2.45, 2.75) is 51.5 Å². The van der Waals surface area contributed by atoms with E-state index in [-0.39, 0.29) is 0 Å². The monoisotopic (exact) mass is 259 g/mol. The van der Waals surface area contributed by atoms with Gasteiger partial charge in [0.1, 0.15) is 5.75 Å². The van der Waals surface area contributed by atoms with Crippen molar-refractivity contribution in [2.75, 3.05) is 6.54 Å². The van der Waals surface area contributed by atoms with Gasteiger partial charge in [-0.25, -0.2) is 0 Å². The number of hydrogen-bond donors (Lipinski definition) is 2. The first-order valence-electron chi connectivity index (χ1n) is 7.43. The molecule has 0 saturated carbocycles. The minimum atomic E-state index is 0.341. The summed E-state index contributed by atoms with van der Waals surface area (Å²) in [5.74, 6) is 0.341. The van der Waals surface area contributed by atoms with Gasteiger partial charge in [0.05, 0.1) is 0 Å². The molecule has 0 saturated heterocycles. The summed E-state index contributed by atoms with van der Waals surface area (Å²) in [5, 5.41) is 12.8. The van der Waals surface area contributed by atoms with Gasteiger partial charge in [-0.15, -0.1) is 0 Å². The average molecular weight is 259 g/mol. The molecule has 1 aliphatic carbocycles. The van der Waals surface area contributed by atoms with Gasteiger partial charge in [-0.2, -0.15) is 0 Å². The van der Waals surface area contributed by atoms with Gasteiger partial charge in [-0.05, 0) is 69.7 Å². The second kappa shape index (κ2) is 7.34. The summed E-state index contributed by atoms with van der Waals surface area (Å²) < 4.78 is 0. The first kappa shape index (κ1) is 14.1. The minimum Gasteiger partial charge on any atom is -0.508 e. The van der Waals surface area contributed by atoms with E-state index in [1.54, 1.807) is 17.7 Å². The van der Waals surface area contributed by atoms with Crippen LogP contribution in [0.15, 0.2) is 35.9 Å². The number of nitrogens with one attached hydrogen (secondary N) is 1. The molecule has 1 aromatic carbocycles. The van der Waals surface area contributed by atoms with E-state index in [0.29, 0.717) is 11.8 Å². The first-order chi connectivity index (χ1) is 9.24. The molecule has 0 aliphatic heterocycles. The van der Waals surface area contributed by atoms with Crippen LogP contribution in [0.5, 0.6) is 5.75 Å². The van der Waals surface area contributed by atoms with Crippen molar-refractivity contribution in [1.82, 2.24) is 5.32 Å². The molecule has 0 amide bonds. The van der Waals surface area contributed by atoms with Crippen molar-refractivity contribution in [3.63, 3.8) is 0 Å². The van der Waals surface area contributed by atoms with E-state index in [1.165, 1.54) is 37.7 Å². The van der Waals surface area contributed by atoms with Crippen LogP contribution in [0.25, 0.3) is 0 Å². The molecule has 1 aliphatic rings. The number of hydrogen-bond acceptors (Lipinski definition) is 2. The molecule has 0 spiro atoms. The van der Waals surface area contributed by atoms with Crippen LogP contribution in [0, 0.1) is 0 Å². The van der Waals surface area contributed by atoms with E-state index in [2.05, 4.69) is 18.3 Å². The van der Waals surface area contributed by atoms with Gasteiger partial charge < -0.3 is 10.4 Å². The first-order valence-corrected chi connectivity index (χ1v) is 7.43. The van der Waals surface area contributed by atoms with E-state index >= 15 is 0 Å². The molecule has 1 atom stereocenters. The normalized spacial score (nSPS) is 17.0. The Labute approximate surface area is 116 Å². The summed E-state index contributed by atoms with van der Waals surface area (Å²) in [7, 11) is 0. The van der Waals surface area contributed by atoms with E-state index in [1.807, 2.05) is 12.1 Å². The fourth-order valence-corrected chi connectivity index (χ4v) is 2.67. The summed E-state index contributed by atoms with van der Waals surface area (Å²) in [4.78, 5) is 0. The van der Waals surface area contributed by atoms with E-state index in [9.17, 15) is 5.11 Å². The van der Waals surface area contributed by atoms with Crippen LogP contribution in [-0.4, -0.2) is 17.7 Å². The lowest BCUT2D eigenvalue weighted by Gasteiger charge is -2.16. The third kappa shape index (κ3) is 5.07. The number of phenols is 1. The van der Waals surface area contributed by atoms with Crippen LogP contribution >= 0.6 is 0 Å². The summed E-state index contributed by atoms with van der Waals surface area (Å²) in [6.45, 7) is 3.30. The Bertz CT molecular complexity index is 408. The molecule has 0 fully saturated rings. The third-order valence-electron chi connectivity index (χ3n) is 3.80. The second-order valence-corrected chi connectivity index (χ2v) is 5.58. The highest BCUT2D eigenvalue weighted by molar-refractivity contribution is 5.26. The quantitative estimate of drug-likeness (QED) is 0.762. The largest absolute Gasteiger partial charge is 0.508 e. The van der Waals surface area contributed by atoms with Gasteiger partial charge in [0.15, 0.2) is 0 Å². The van der Waals surface area contributed by atoms with Crippen molar-refractivity contribution in [1.29, 1.82) is 0 Å².